The number of methoxy groups -OCH3 is 1. The van der Waals surface area contributed by atoms with Crippen molar-refractivity contribution in [3.05, 3.63) is 39.9 Å². The lowest BCUT2D eigenvalue weighted by Gasteiger charge is -2.18. The van der Waals surface area contributed by atoms with Gasteiger partial charge in [0.05, 0.1) is 27.8 Å². The number of nitrogens with zero attached hydrogens (tertiary/aromatic N) is 3. The van der Waals surface area contributed by atoms with Crippen LogP contribution in [-0.2, 0) is 4.74 Å². The molecule has 0 radical (unpaired) electrons. The van der Waals surface area contributed by atoms with Crippen molar-refractivity contribution >= 4 is 46.9 Å². The van der Waals surface area contributed by atoms with Crippen LogP contribution in [0.3, 0.4) is 0 Å². The van der Waals surface area contributed by atoms with Gasteiger partial charge < -0.3 is 4.74 Å². The van der Waals surface area contributed by atoms with E-state index in [9.17, 15) is 4.79 Å². The number of rotatable bonds is 7. The number of carbonyl (C=O) groups excluding carboxylic acids is 1. The van der Waals surface area contributed by atoms with E-state index in [0.717, 1.165) is 3.57 Å². The van der Waals surface area contributed by atoms with Crippen molar-refractivity contribution in [2.45, 2.75) is 24.8 Å². The molecule has 0 aliphatic carbocycles. The summed E-state index contributed by atoms with van der Waals surface area (Å²) in [6.07, 6.45) is 6.10. The zero-order valence-corrected chi connectivity index (χ0v) is 14.8. The lowest BCUT2D eigenvalue weighted by atomic mass is 10.1. The number of aliphatic imine (C=N–C) groups is 1. The van der Waals surface area contributed by atoms with E-state index in [-0.39, 0.29) is 11.4 Å². The molecule has 1 aromatic heterocycles. The minimum Gasteiger partial charge on any atom is -0.464 e. The van der Waals surface area contributed by atoms with E-state index in [2.05, 4.69) is 23.4 Å². The Hall–Kier alpha value is -1.15. The van der Waals surface area contributed by atoms with E-state index in [1.807, 2.05) is 35.6 Å². The molecule has 2 atom stereocenters. The summed E-state index contributed by atoms with van der Waals surface area (Å²) in [5.41, 5.74) is 0.878. The zero-order valence-electron chi connectivity index (χ0n) is 11.9. The molecule has 0 N–H and O–H groups in total. The summed E-state index contributed by atoms with van der Waals surface area (Å²) in [4.78, 5) is 15.3. The molecule has 0 aliphatic rings. The van der Waals surface area contributed by atoms with Crippen LogP contribution < -0.4 is 0 Å². The quantitative estimate of drug-likeness (QED) is 0.222. The lowest BCUT2D eigenvalue weighted by molar-refractivity contribution is 0.0591. The van der Waals surface area contributed by atoms with Crippen molar-refractivity contribution < 1.29 is 9.53 Å². The SMILES string of the molecule is C=NC(=C)/C=C\C[C@H](C(C)Cl)n1cc(I)c(C(=O)OC)n1. The molecule has 0 amide bonds. The van der Waals surface area contributed by atoms with Crippen LogP contribution in [-0.4, -0.2) is 35.0 Å². The second kappa shape index (κ2) is 8.33. The largest absolute Gasteiger partial charge is 0.464 e. The Labute approximate surface area is 142 Å². The Bertz CT molecular complexity index is 567. The number of carbonyl (C=O) groups is 1. The summed E-state index contributed by atoms with van der Waals surface area (Å²) in [5, 5.41) is 4.11. The van der Waals surface area contributed by atoms with Crippen LogP contribution in [0, 0.1) is 3.57 Å². The van der Waals surface area contributed by atoms with E-state index in [4.69, 9.17) is 16.3 Å². The maximum atomic E-state index is 11.6. The molecule has 1 rings (SSSR count). The Balaban J connectivity index is 2.96. The lowest BCUT2D eigenvalue weighted by Crippen LogP contribution is -2.18. The minimum absolute atomic E-state index is 0.0903. The van der Waals surface area contributed by atoms with Gasteiger partial charge in [0, 0.05) is 6.20 Å². The standard InChI is InChI=1S/C14H17ClIN3O2/c1-9(17-3)6-5-7-12(10(2)15)19-8-11(16)13(18-19)14(20)21-4/h5-6,8,10,12H,1,3,7H2,2,4H3/b6-5-/t10?,12-/m1/s1. The van der Waals surface area contributed by atoms with Gasteiger partial charge in [-0.3, -0.25) is 9.67 Å². The van der Waals surface area contributed by atoms with Crippen LogP contribution in [0.1, 0.15) is 29.9 Å². The van der Waals surface area contributed by atoms with Crippen molar-refractivity contribution in [2.75, 3.05) is 7.11 Å². The second-order valence-electron chi connectivity index (χ2n) is 4.33. The Kier molecular flexibility index (Phi) is 7.10. The summed E-state index contributed by atoms with van der Waals surface area (Å²) in [5.74, 6) is -0.459. The highest BCUT2D eigenvalue weighted by Gasteiger charge is 2.22. The maximum Gasteiger partial charge on any atom is 0.359 e. The van der Waals surface area contributed by atoms with E-state index in [1.54, 1.807) is 17.0 Å². The third kappa shape index (κ3) is 4.96. The third-order valence-electron chi connectivity index (χ3n) is 2.83. The molecule has 1 aromatic rings. The molecule has 0 saturated heterocycles. The predicted molar refractivity (Wildman–Crippen MR) is 93.1 cm³/mol. The van der Waals surface area contributed by atoms with Gasteiger partial charge in [0.2, 0.25) is 0 Å². The predicted octanol–water partition coefficient (Wildman–Crippen LogP) is 3.60. The van der Waals surface area contributed by atoms with Crippen LogP contribution in [0.5, 0.6) is 0 Å². The molecule has 21 heavy (non-hydrogen) atoms. The molecule has 5 nitrogen and oxygen atoms in total. The highest BCUT2D eigenvalue weighted by molar-refractivity contribution is 14.1. The Morgan fingerprint density at radius 2 is 2.38 bits per heavy atom. The molecule has 0 spiro atoms. The average Bonchev–Trinajstić information content (AvgIpc) is 2.83. The van der Waals surface area contributed by atoms with E-state index < -0.39 is 5.97 Å². The molecule has 0 saturated carbocycles. The fraction of sp³-hybridized carbons (Fsp3) is 0.357. The normalized spacial score (nSPS) is 13.9. The second-order valence-corrected chi connectivity index (χ2v) is 6.18. The number of aromatic nitrogens is 2. The monoisotopic (exact) mass is 421 g/mol. The minimum atomic E-state index is -0.459. The van der Waals surface area contributed by atoms with Gasteiger partial charge in [0.15, 0.2) is 5.69 Å². The van der Waals surface area contributed by atoms with Crippen molar-refractivity contribution in [1.82, 2.24) is 9.78 Å². The maximum absolute atomic E-state index is 11.6. The Morgan fingerprint density at radius 3 is 2.90 bits per heavy atom. The molecular formula is C14H17ClIN3O2. The summed E-state index contributed by atoms with van der Waals surface area (Å²) >= 11 is 8.28. The summed E-state index contributed by atoms with van der Waals surface area (Å²) < 4.78 is 7.12. The Morgan fingerprint density at radius 1 is 1.71 bits per heavy atom. The van der Waals surface area contributed by atoms with Crippen molar-refractivity contribution in [3.8, 4) is 0 Å². The van der Waals surface area contributed by atoms with Crippen molar-refractivity contribution in [2.24, 2.45) is 4.99 Å². The fourth-order valence-corrected chi connectivity index (χ4v) is 2.51. The summed E-state index contributed by atoms with van der Waals surface area (Å²) in [7, 11) is 1.33. The molecule has 0 fully saturated rings. The van der Waals surface area contributed by atoms with Crippen LogP contribution in [0.4, 0.5) is 0 Å². The first-order valence-corrected chi connectivity index (χ1v) is 7.71. The van der Waals surface area contributed by atoms with Gasteiger partial charge in [-0.25, -0.2) is 4.79 Å². The van der Waals surface area contributed by atoms with Gasteiger partial charge >= 0.3 is 5.97 Å². The highest BCUT2D eigenvalue weighted by Crippen LogP contribution is 2.23. The average molecular weight is 422 g/mol. The molecule has 0 aromatic carbocycles. The van der Waals surface area contributed by atoms with Crippen molar-refractivity contribution in [3.63, 3.8) is 0 Å². The third-order valence-corrected chi connectivity index (χ3v) is 3.91. The highest BCUT2D eigenvalue weighted by atomic mass is 127. The smallest absolute Gasteiger partial charge is 0.359 e. The molecule has 0 bridgehead atoms. The zero-order chi connectivity index (χ0) is 16.0. The van der Waals surface area contributed by atoms with Crippen LogP contribution >= 0.6 is 34.2 Å². The number of halogens is 2. The molecule has 7 heteroatoms. The van der Waals surface area contributed by atoms with Gasteiger partial charge in [0.25, 0.3) is 0 Å². The van der Waals surface area contributed by atoms with E-state index in [1.165, 1.54) is 7.11 Å². The van der Waals surface area contributed by atoms with Crippen LogP contribution in [0.25, 0.3) is 0 Å². The fourth-order valence-electron chi connectivity index (χ4n) is 1.68. The number of ether oxygens (including phenoxy) is 1. The van der Waals surface area contributed by atoms with Gasteiger partial charge in [-0.2, -0.15) is 5.10 Å². The molecule has 0 aliphatic heterocycles. The van der Waals surface area contributed by atoms with E-state index in [0.29, 0.717) is 17.8 Å². The number of allylic oxidation sites excluding steroid dienone is 2. The first-order chi connectivity index (χ1) is 9.90. The first kappa shape index (κ1) is 17.9. The molecule has 114 valence electrons. The number of hydrogen-bond acceptors (Lipinski definition) is 4. The van der Waals surface area contributed by atoms with Gasteiger partial charge in [-0.15, -0.1) is 11.6 Å². The van der Waals surface area contributed by atoms with Crippen LogP contribution in [0.2, 0.25) is 0 Å². The summed E-state index contributed by atoms with van der Waals surface area (Å²) in [6, 6.07) is -0.0903. The molecular weight excluding hydrogens is 405 g/mol. The van der Waals surface area contributed by atoms with Gasteiger partial charge in [-0.05, 0) is 48.7 Å². The van der Waals surface area contributed by atoms with E-state index >= 15 is 0 Å². The van der Waals surface area contributed by atoms with Gasteiger partial charge in [-0.1, -0.05) is 12.7 Å². The van der Waals surface area contributed by atoms with Crippen molar-refractivity contribution in [1.29, 1.82) is 0 Å². The topological polar surface area (TPSA) is 56.5 Å². The molecule has 1 unspecified atom stereocenters. The van der Waals surface area contributed by atoms with Gasteiger partial charge in [0.1, 0.15) is 0 Å². The summed E-state index contributed by atoms with van der Waals surface area (Å²) in [6.45, 7) is 8.99. The molecule has 1 heterocycles. The number of hydrogen-bond donors (Lipinski definition) is 0. The van der Waals surface area contributed by atoms with Crippen LogP contribution in [0.15, 0.2) is 35.6 Å². The number of esters is 1. The number of alkyl halides is 1. The first-order valence-electron chi connectivity index (χ1n) is 6.19.